The Morgan fingerprint density at radius 1 is 0.933 bits per heavy atom. The largest absolute Gasteiger partial charge is 0.507 e. The lowest BCUT2D eigenvalue weighted by Crippen LogP contribution is -2.00. The summed E-state index contributed by atoms with van der Waals surface area (Å²) in [6.07, 6.45) is 0. The molecule has 1 N–H and O–H groups in total. The Bertz CT molecular complexity index is 480. The monoisotopic (exact) mass is 200 g/mol. The molecule has 0 saturated carbocycles. The first-order valence-corrected chi connectivity index (χ1v) is 4.67. The Labute approximate surface area is 89.3 Å². The van der Waals surface area contributed by atoms with E-state index < -0.39 is 0 Å². The zero-order chi connectivity index (χ0) is 10.7. The third-order valence-electron chi connectivity index (χ3n) is 2.18. The lowest BCUT2D eigenvalue weighted by Gasteiger charge is -2.02. The van der Waals surface area contributed by atoms with E-state index in [4.69, 9.17) is 0 Å². The van der Waals surface area contributed by atoms with Gasteiger partial charge >= 0.3 is 0 Å². The van der Waals surface area contributed by atoms with Gasteiger partial charge < -0.3 is 5.11 Å². The van der Waals surface area contributed by atoms with E-state index in [-0.39, 0.29) is 13.0 Å². The highest BCUT2D eigenvalue weighted by Gasteiger charge is 2.11. The van der Waals surface area contributed by atoms with Gasteiger partial charge in [-0.1, -0.05) is 42.5 Å². The van der Waals surface area contributed by atoms with E-state index in [0.717, 1.165) is 0 Å². The van der Waals surface area contributed by atoms with Gasteiger partial charge in [0, 0.05) is 6.99 Å². The summed E-state index contributed by atoms with van der Waals surface area (Å²) in [4.78, 5) is 11.9. The normalized spacial score (nSPS) is 9.87. The standard InChI is InChI=1S/C13H10O2.H2/c14-12-9-5-4-8-11(12)13(15)10-6-2-1-3-7-10;/h1-9,14H;1H. The minimum Gasteiger partial charge on any atom is -0.507 e. The molecule has 2 rings (SSSR count). The summed E-state index contributed by atoms with van der Waals surface area (Å²) in [6.45, 7) is 0. The van der Waals surface area contributed by atoms with E-state index in [2.05, 4.69) is 0 Å². The fourth-order valence-corrected chi connectivity index (χ4v) is 1.41. The van der Waals surface area contributed by atoms with Crippen LogP contribution in [0.25, 0.3) is 0 Å². The number of ketones is 1. The van der Waals surface area contributed by atoms with Gasteiger partial charge in [0.05, 0.1) is 5.56 Å². The third-order valence-corrected chi connectivity index (χ3v) is 2.18. The maximum atomic E-state index is 11.9. The Morgan fingerprint density at radius 3 is 2.20 bits per heavy atom. The molecular weight excluding hydrogens is 188 g/mol. The van der Waals surface area contributed by atoms with Crippen molar-refractivity contribution < 1.29 is 11.3 Å². The van der Waals surface area contributed by atoms with Gasteiger partial charge in [0.15, 0.2) is 5.78 Å². The first-order chi connectivity index (χ1) is 7.29. The van der Waals surface area contributed by atoms with Crippen LogP contribution in [0, 0.1) is 0 Å². The first kappa shape index (κ1) is 9.46. The number of phenolic OH excluding ortho intramolecular Hbond substituents is 1. The van der Waals surface area contributed by atoms with Crippen LogP contribution in [0.15, 0.2) is 54.6 Å². The van der Waals surface area contributed by atoms with Crippen LogP contribution in [-0.4, -0.2) is 10.9 Å². The van der Waals surface area contributed by atoms with Crippen LogP contribution in [0.4, 0.5) is 0 Å². The quantitative estimate of drug-likeness (QED) is 0.757. The smallest absolute Gasteiger partial charge is 0.196 e. The highest BCUT2D eigenvalue weighted by Crippen LogP contribution is 2.19. The van der Waals surface area contributed by atoms with Crippen LogP contribution < -0.4 is 0 Å². The maximum absolute atomic E-state index is 11.9. The molecule has 2 aromatic carbocycles. The second-order valence-corrected chi connectivity index (χ2v) is 3.21. The molecule has 0 fully saturated rings. The van der Waals surface area contributed by atoms with Crippen LogP contribution in [0.2, 0.25) is 0 Å². The Hall–Kier alpha value is -2.09. The third kappa shape index (κ3) is 1.89. The van der Waals surface area contributed by atoms with E-state index in [1.165, 1.54) is 6.07 Å². The van der Waals surface area contributed by atoms with Crippen LogP contribution in [0.5, 0.6) is 5.75 Å². The van der Waals surface area contributed by atoms with Crippen molar-refractivity contribution in [3.8, 4) is 5.75 Å². The van der Waals surface area contributed by atoms with Gasteiger partial charge in [-0.25, -0.2) is 0 Å². The van der Waals surface area contributed by atoms with E-state index in [9.17, 15) is 9.90 Å². The molecule has 15 heavy (non-hydrogen) atoms. The molecule has 0 aliphatic rings. The van der Waals surface area contributed by atoms with Crippen molar-refractivity contribution in [3.05, 3.63) is 65.7 Å². The second-order valence-electron chi connectivity index (χ2n) is 3.21. The SMILES string of the molecule is O=C(c1ccccc1)c1ccccc1O.[HH]. The number of carbonyl (C=O) groups is 1. The maximum Gasteiger partial charge on any atom is 0.196 e. The van der Waals surface area contributed by atoms with Gasteiger partial charge in [-0.2, -0.15) is 0 Å². The average molecular weight is 200 g/mol. The fourth-order valence-electron chi connectivity index (χ4n) is 1.41. The molecule has 0 saturated heterocycles. The second kappa shape index (κ2) is 3.96. The molecule has 2 heteroatoms. The summed E-state index contributed by atoms with van der Waals surface area (Å²) in [5.74, 6) is -0.139. The van der Waals surface area contributed by atoms with Gasteiger partial charge in [-0.15, -0.1) is 0 Å². The van der Waals surface area contributed by atoms with Crippen LogP contribution in [0.3, 0.4) is 0 Å². The van der Waals surface area contributed by atoms with Crippen LogP contribution >= 0.6 is 0 Å². The molecule has 0 aliphatic carbocycles. The topological polar surface area (TPSA) is 37.3 Å². The predicted octanol–water partition coefficient (Wildman–Crippen LogP) is 2.87. The highest BCUT2D eigenvalue weighted by molar-refractivity contribution is 6.10. The van der Waals surface area contributed by atoms with Crippen LogP contribution in [-0.2, 0) is 0 Å². The predicted molar refractivity (Wildman–Crippen MR) is 60.1 cm³/mol. The van der Waals surface area contributed by atoms with Gasteiger partial charge in [-0.3, -0.25) is 4.79 Å². The molecule has 0 heterocycles. The molecular formula is C13H12O2. The number of para-hydroxylation sites is 1. The van der Waals surface area contributed by atoms with Crippen molar-refractivity contribution in [3.63, 3.8) is 0 Å². The molecule has 0 radical (unpaired) electrons. The summed E-state index contributed by atoms with van der Waals surface area (Å²) >= 11 is 0. The molecule has 0 unspecified atom stereocenters. The molecule has 2 nitrogen and oxygen atoms in total. The summed E-state index contributed by atoms with van der Waals surface area (Å²) in [6, 6.07) is 15.5. The number of aromatic hydroxyl groups is 1. The molecule has 0 aromatic heterocycles. The average Bonchev–Trinajstić information content (AvgIpc) is 2.30. The van der Waals surface area contributed by atoms with Crippen molar-refractivity contribution in [2.75, 3.05) is 0 Å². The van der Waals surface area contributed by atoms with Crippen molar-refractivity contribution in [2.24, 2.45) is 0 Å². The van der Waals surface area contributed by atoms with Gasteiger partial charge in [-0.05, 0) is 12.1 Å². The number of hydrogen-bond acceptors (Lipinski definition) is 2. The molecule has 76 valence electrons. The van der Waals surface area contributed by atoms with Gasteiger partial charge in [0.2, 0.25) is 0 Å². The Morgan fingerprint density at radius 2 is 1.53 bits per heavy atom. The minimum atomic E-state index is -0.159. The summed E-state index contributed by atoms with van der Waals surface area (Å²) in [5, 5.41) is 9.52. The van der Waals surface area contributed by atoms with E-state index in [1.807, 2.05) is 6.07 Å². The van der Waals surface area contributed by atoms with E-state index in [0.29, 0.717) is 11.1 Å². The van der Waals surface area contributed by atoms with Crippen molar-refractivity contribution in [1.82, 2.24) is 0 Å². The first-order valence-electron chi connectivity index (χ1n) is 4.67. The lowest BCUT2D eigenvalue weighted by molar-refractivity contribution is 0.103. The summed E-state index contributed by atoms with van der Waals surface area (Å²) in [5.41, 5.74) is 0.919. The van der Waals surface area contributed by atoms with E-state index in [1.54, 1.807) is 42.5 Å². The zero-order valence-electron chi connectivity index (χ0n) is 8.05. The Kier molecular flexibility index (Phi) is 2.50. The van der Waals surface area contributed by atoms with Crippen molar-refractivity contribution in [1.29, 1.82) is 0 Å². The van der Waals surface area contributed by atoms with Gasteiger partial charge in [0.1, 0.15) is 5.75 Å². The number of phenols is 1. The summed E-state index contributed by atoms with van der Waals surface area (Å²) < 4.78 is 0. The minimum absolute atomic E-state index is 0. The zero-order valence-corrected chi connectivity index (χ0v) is 8.05. The number of carbonyl (C=O) groups excluding carboxylic acids is 1. The molecule has 0 spiro atoms. The molecule has 0 amide bonds. The fraction of sp³-hybridized carbons (Fsp3) is 0. The van der Waals surface area contributed by atoms with Crippen LogP contribution in [0.1, 0.15) is 17.3 Å². The van der Waals surface area contributed by atoms with Gasteiger partial charge in [0.25, 0.3) is 0 Å². The van der Waals surface area contributed by atoms with Crippen molar-refractivity contribution >= 4 is 5.78 Å². The molecule has 2 aromatic rings. The lowest BCUT2D eigenvalue weighted by atomic mass is 10.0. The highest BCUT2D eigenvalue weighted by atomic mass is 16.3. The molecule has 0 atom stereocenters. The Balaban J connectivity index is 0.00000128. The number of rotatable bonds is 2. The van der Waals surface area contributed by atoms with E-state index >= 15 is 0 Å². The summed E-state index contributed by atoms with van der Waals surface area (Å²) in [7, 11) is 0. The number of benzene rings is 2. The van der Waals surface area contributed by atoms with Crippen molar-refractivity contribution in [2.45, 2.75) is 0 Å². The molecule has 0 aliphatic heterocycles. The number of hydrogen-bond donors (Lipinski definition) is 1. The molecule has 0 bridgehead atoms.